The second kappa shape index (κ2) is 5.02. The number of hydrogen-bond acceptors (Lipinski definition) is 3. The quantitative estimate of drug-likeness (QED) is 0.773. The molecule has 0 aliphatic rings. The van der Waals surface area contributed by atoms with E-state index in [1.807, 2.05) is 6.92 Å². The number of halogens is 1. The zero-order chi connectivity index (χ0) is 14.1. The van der Waals surface area contributed by atoms with Crippen LogP contribution < -0.4 is 5.32 Å². The van der Waals surface area contributed by atoms with Gasteiger partial charge in [0, 0.05) is 5.56 Å². The van der Waals surface area contributed by atoms with E-state index in [0.29, 0.717) is 5.56 Å². The van der Waals surface area contributed by atoms with E-state index < -0.39 is 5.82 Å². The van der Waals surface area contributed by atoms with E-state index in [4.69, 9.17) is 0 Å². The molecule has 0 saturated carbocycles. The van der Waals surface area contributed by atoms with Gasteiger partial charge in [-0.25, -0.2) is 9.37 Å². The number of nitrogens with one attached hydrogen (secondary N) is 1. The largest absolute Gasteiger partial charge is 0.319 e. The first-order chi connectivity index (χ1) is 9.63. The summed E-state index contributed by atoms with van der Waals surface area (Å²) in [6.45, 7) is 1.85. The summed E-state index contributed by atoms with van der Waals surface area (Å²) in [6, 6.07) is 9.85. The van der Waals surface area contributed by atoms with Crippen molar-refractivity contribution in [3.63, 3.8) is 0 Å². The lowest BCUT2D eigenvalue weighted by Gasteiger charge is -2.07. The summed E-state index contributed by atoms with van der Waals surface area (Å²) in [5.74, 6) is -0.771. The van der Waals surface area contributed by atoms with E-state index in [9.17, 15) is 9.18 Å². The van der Waals surface area contributed by atoms with E-state index in [-0.39, 0.29) is 11.6 Å². The highest BCUT2D eigenvalue weighted by molar-refractivity contribution is 7.16. The summed E-state index contributed by atoms with van der Waals surface area (Å²) in [5.41, 5.74) is 4.15. The number of carbonyl (C=O) groups excluding carboxylic acids is 1. The summed E-state index contributed by atoms with van der Waals surface area (Å²) in [5, 5.41) is 2.59. The Hall–Kier alpha value is -2.27. The molecule has 0 unspecified atom stereocenters. The molecule has 20 heavy (non-hydrogen) atoms. The van der Waals surface area contributed by atoms with Crippen LogP contribution in [0.2, 0.25) is 0 Å². The van der Waals surface area contributed by atoms with Crippen LogP contribution in [0.25, 0.3) is 10.2 Å². The van der Waals surface area contributed by atoms with Gasteiger partial charge in [-0.3, -0.25) is 4.79 Å². The first kappa shape index (κ1) is 12.7. The summed E-state index contributed by atoms with van der Waals surface area (Å²) < 4.78 is 14.6. The third kappa shape index (κ3) is 2.40. The lowest BCUT2D eigenvalue weighted by molar-refractivity contribution is 0.102. The highest BCUT2D eigenvalue weighted by atomic mass is 32.1. The molecule has 0 aliphatic heterocycles. The number of anilines is 1. The van der Waals surface area contributed by atoms with Crippen molar-refractivity contribution in [3.8, 4) is 0 Å². The zero-order valence-electron chi connectivity index (χ0n) is 10.7. The molecule has 1 heterocycles. The maximum absolute atomic E-state index is 13.6. The van der Waals surface area contributed by atoms with E-state index in [2.05, 4.69) is 10.3 Å². The van der Waals surface area contributed by atoms with Crippen molar-refractivity contribution < 1.29 is 9.18 Å². The molecule has 0 spiro atoms. The number of fused-ring (bicyclic) bond motifs is 1. The molecule has 0 saturated heterocycles. The van der Waals surface area contributed by atoms with Crippen LogP contribution in [0.5, 0.6) is 0 Å². The predicted octanol–water partition coefficient (Wildman–Crippen LogP) is 4.00. The van der Waals surface area contributed by atoms with E-state index in [1.54, 1.807) is 35.8 Å². The van der Waals surface area contributed by atoms with Gasteiger partial charge in [-0.1, -0.05) is 6.07 Å². The normalized spacial score (nSPS) is 10.7. The highest BCUT2D eigenvalue weighted by Gasteiger charge is 2.10. The van der Waals surface area contributed by atoms with Crippen LogP contribution in [0.1, 0.15) is 15.9 Å². The molecule has 1 aromatic heterocycles. The molecular weight excluding hydrogens is 275 g/mol. The van der Waals surface area contributed by atoms with Crippen molar-refractivity contribution in [2.75, 3.05) is 5.32 Å². The van der Waals surface area contributed by atoms with Gasteiger partial charge in [-0.05, 0) is 42.8 Å². The topological polar surface area (TPSA) is 42.0 Å². The van der Waals surface area contributed by atoms with Crippen molar-refractivity contribution in [1.82, 2.24) is 4.98 Å². The molecule has 0 aliphatic carbocycles. The van der Waals surface area contributed by atoms with Crippen LogP contribution in [-0.2, 0) is 0 Å². The Labute approximate surface area is 119 Å². The first-order valence-corrected chi connectivity index (χ1v) is 6.92. The molecule has 0 atom stereocenters. The fraction of sp³-hybridized carbons (Fsp3) is 0.0667. The smallest absolute Gasteiger partial charge is 0.255 e. The average Bonchev–Trinajstić information content (AvgIpc) is 2.90. The number of aromatic nitrogens is 1. The monoisotopic (exact) mass is 286 g/mol. The maximum atomic E-state index is 13.6. The fourth-order valence-corrected chi connectivity index (χ4v) is 2.64. The van der Waals surface area contributed by atoms with Crippen LogP contribution >= 0.6 is 11.3 Å². The lowest BCUT2D eigenvalue weighted by Crippen LogP contribution is -2.13. The van der Waals surface area contributed by atoms with Gasteiger partial charge in [0.25, 0.3) is 5.91 Å². The first-order valence-electron chi connectivity index (χ1n) is 6.04. The number of nitrogens with zero attached hydrogens (tertiary/aromatic N) is 1. The molecular formula is C15H11FN2OS. The predicted molar refractivity (Wildman–Crippen MR) is 78.7 cm³/mol. The SMILES string of the molecule is Cc1ccc(F)c(NC(=O)c2ccc3ncsc3c2)c1. The summed E-state index contributed by atoms with van der Waals surface area (Å²) in [7, 11) is 0. The standard InChI is InChI=1S/C15H11FN2OS/c1-9-2-4-11(16)13(6-9)18-15(19)10-3-5-12-14(7-10)20-8-17-12/h2-8H,1H3,(H,18,19). The molecule has 1 amide bonds. The highest BCUT2D eigenvalue weighted by Crippen LogP contribution is 2.21. The Balaban J connectivity index is 1.90. The molecule has 3 rings (SSSR count). The number of carbonyl (C=O) groups is 1. The zero-order valence-corrected chi connectivity index (χ0v) is 11.5. The summed E-state index contributed by atoms with van der Waals surface area (Å²) >= 11 is 1.47. The Morgan fingerprint density at radius 2 is 2.10 bits per heavy atom. The van der Waals surface area contributed by atoms with Crippen LogP contribution in [0.3, 0.4) is 0 Å². The average molecular weight is 286 g/mol. The fourth-order valence-electron chi connectivity index (χ4n) is 1.93. The molecule has 0 radical (unpaired) electrons. The number of hydrogen-bond donors (Lipinski definition) is 1. The number of rotatable bonds is 2. The molecule has 0 bridgehead atoms. The summed E-state index contributed by atoms with van der Waals surface area (Å²) in [6.07, 6.45) is 0. The van der Waals surface area contributed by atoms with E-state index in [1.165, 1.54) is 17.4 Å². The minimum atomic E-state index is -0.442. The van der Waals surface area contributed by atoms with Gasteiger partial charge in [0.15, 0.2) is 0 Å². The Morgan fingerprint density at radius 3 is 2.95 bits per heavy atom. The third-order valence-corrected chi connectivity index (χ3v) is 3.76. The number of thiazole rings is 1. The third-order valence-electron chi connectivity index (χ3n) is 2.96. The second-order valence-electron chi connectivity index (χ2n) is 4.47. The maximum Gasteiger partial charge on any atom is 0.255 e. The van der Waals surface area contributed by atoms with Gasteiger partial charge < -0.3 is 5.32 Å². The van der Waals surface area contributed by atoms with Crippen molar-refractivity contribution >= 4 is 33.1 Å². The Bertz CT molecular complexity index is 797. The van der Waals surface area contributed by atoms with Crippen LogP contribution in [-0.4, -0.2) is 10.9 Å². The van der Waals surface area contributed by atoms with Gasteiger partial charge in [0.05, 0.1) is 21.4 Å². The van der Waals surface area contributed by atoms with Gasteiger partial charge in [0.1, 0.15) is 5.82 Å². The Morgan fingerprint density at radius 1 is 1.25 bits per heavy atom. The van der Waals surface area contributed by atoms with Crippen LogP contribution in [0.15, 0.2) is 41.9 Å². The van der Waals surface area contributed by atoms with E-state index in [0.717, 1.165) is 15.8 Å². The van der Waals surface area contributed by atoms with Crippen molar-refractivity contribution in [2.24, 2.45) is 0 Å². The molecule has 1 N–H and O–H groups in total. The summed E-state index contributed by atoms with van der Waals surface area (Å²) in [4.78, 5) is 16.3. The minimum absolute atomic E-state index is 0.194. The number of aryl methyl sites for hydroxylation is 1. The van der Waals surface area contributed by atoms with Gasteiger partial charge in [0.2, 0.25) is 0 Å². The molecule has 3 aromatic rings. The van der Waals surface area contributed by atoms with Crippen molar-refractivity contribution in [3.05, 3.63) is 58.9 Å². The number of benzene rings is 2. The molecule has 3 nitrogen and oxygen atoms in total. The van der Waals surface area contributed by atoms with Crippen molar-refractivity contribution in [1.29, 1.82) is 0 Å². The molecule has 0 fully saturated rings. The molecule has 2 aromatic carbocycles. The molecule has 5 heteroatoms. The van der Waals surface area contributed by atoms with Crippen LogP contribution in [0, 0.1) is 12.7 Å². The lowest BCUT2D eigenvalue weighted by atomic mass is 10.1. The van der Waals surface area contributed by atoms with Gasteiger partial charge in [-0.2, -0.15) is 0 Å². The minimum Gasteiger partial charge on any atom is -0.319 e. The van der Waals surface area contributed by atoms with Crippen LogP contribution in [0.4, 0.5) is 10.1 Å². The molecule has 100 valence electrons. The Kier molecular flexibility index (Phi) is 3.20. The van der Waals surface area contributed by atoms with Gasteiger partial charge >= 0.3 is 0 Å². The van der Waals surface area contributed by atoms with Gasteiger partial charge in [-0.15, -0.1) is 11.3 Å². The van der Waals surface area contributed by atoms with Crippen molar-refractivity contribution in [2.45, 2.75) is 6.92 Å². The van der Waals surface area contributed by atoms with E-state index >= 15 is 0 Å². The second-order valence-corrected chi connectivity index (χ2v) is 5.36. The number of amides is 1.